The van der Waals surface area contributed by atoms with E-state index in [0.29, 0.717) is 0 Å². The Morgan fingerprint density at radius 3 is 2.00 bits per heavy atom. The summed E-state index contributed by atoms with van der Waals surface area (Å²) in [6, 6.07) is 0. The summed E-state index contributed by atoms with van der Waals surface area (Å²) >= 11 is 9.76. The summed E-state index contributed by atoms with van der Waals surface area (Å²) in [6.07, 6.45) is 0. The molecule has 60 valence electrons. The molecule has 0 bridgehead atoms. The summed E-state index contributed by atoms with van der Waals surface area (Å²) in [5.74, 6) is -0.345. The largest absolute Gasteiger partial charge is 0.244 e. The molecule has 0 rings (SSSR count). The molecule has 0 aromatic rings. The van der Waals surface area contributed by atoms with Gasteiger partial charge in [-0.2, -0.15) is 4.39 Å². The van der Waals surface area contributed by atoms with Gasteiger partial charge in [-0.3, -0.25) is 0 Å². The van der Waals surface area contributed by atoms with Crippen LogP contribution in [0.5, 0.6) is 0 Å². The minimum Gasteiger partial charge on any atom is -0.221 e. The Hall–Kier alpha value is 0.200. The normalized spacial score (nSPS) is 11.2. The van der Waals surface area contributed by atoms with Gasteiger partial charge in [0.2, 0.25) is 15.0 Å². The van der Waals surface area contributed by atoms with Crippen molar-refractivity contribution >= 4 is 33.0 Å². The highest BCUT2D eigenvalue weighted by molar-refractivity contribution is 7.95. The van der Waals surface area contributed by atoms with Crippen molar-refractivity contribution in [1.29, 1.82) is 0 Å². The third kappa shape index (κ3) is 2.44. The highest BCUT2D eigenvalue weighted by Gasteiger charge is 2.17. The highest BCUT2D eigenvalue weighted by Crippen LogP contribution is 2.20. The van der Waals surface area contributed by atoms with Crippen molar-refractivity contribution in [1.82, 2.24) is 0 Å². The van der Waals surface area contributed by atoms with E-state index in [1.54, 1.807) is 0 Å². The summed E-state index contributed by atoms with van der Waals surface area (Å²) < 4.78 is 32.6. The van der Waals surface area contributed by atoms with Crippen LogP contribution in [0.25, 0.3) is 0 Å². The van der Waals surface area contributed by atoms with Crippen LogP contribution < -0.4 is 0 Å². The lowest BCUT2D eigenvalue weighted by molar-refractivity contribution is 0.578. The Balaban J connectivity index is 4.87. The number of halogens is 3. The van der Waals surface area contributed by atoms with E-state index in [1.165, 1.54) is 6.92 Å². The van der Waals surface area contributed by atoms with Crippen LogP contribution in [-0.4, -0.2) is 14.2 Å². The predicted molar refractivity (Wildman–Crippen MR) is 39.3 cm³/mol. The Morgan fingerprint density at radius 2 is 1.90 bits per heavy atom. The highest BCUT2D eigenvalue weighted by atomic mass is 35.5. The molecule has 0 spiro atoms. The fraction of sp³-hybridized carbons (Fsp3) is 0.500. The molecule has 0 amide bonds. The molecule has 10 heavy (non-hydrogen) atoms. The lowest BCUT2D eigenvalue weighted by Gasteiger charge is -1.94. The zero-order valence-corrected chi connectivity index (χ0v) is 7.39. The molecule has 2 nitrogen and oxygen atoms in total. The van der Waals surface area contributed by atoms with E-state index in [9.17, 15) is 12.8 Å². The molecule has 0 aliphatic rings. The van der Waals surface area contributed by atoms with Crippen molar-refractivity contribution in [2.45, 2.75) is 6.92 Å². The van der Waals surface area contributed by atoms with Crippen molar-refractivity contribution < 1.29 is 12.8 Å². The third-order valence-corrected chi connectivity index (χ3v) is 2.87. The summed E-state index contributed by atoms with van der Waals surface area (Å²) in [6.45, 7) is 1.30. The molecule has 0 radical (unpaired) electrons. The predicted octanol–water partition coefficient (Wildman–Crippen LogP) is 1.99. The van der Waals surface area contributed by atoms with Crippen LogP contribution in [0.2, 0.25) is 0 Å². The minimum absolute atomic E-state index is 0.345. The van der Waals surface area contributed by atoms with Crippen LogP contribution in [0.4, 0.5) is 4.39 Å². The maximum absolute atomic E-state index is 12.3. The maximum atomic E-state index is 12.3. The van der Waals surface area contributed by atoms with Crippen molar-refractivity contribution in [3.05, 3.63) is 9.65 Å². The Kier molecular flexibility index (Phi) is 3.62. The number of rotatable bonds is 2. The molecule has 6 heteroatoms. The van der Waals surface area contributed by atoms with E-state index in [0.717, 1.165) is 0 Å². The van der Waals surface area contributed by atoms with Crippen LogP contribution in [0.3, 0.4) is 0 Å². The van der Waals surface area contributed by atoms with Crippen molar-refractivity contribution in [2.24, 2.45) is 0 Å². The topological polar surface area (TPSA) is 34.1 Å². The van der Waals surface area contributed by atoms with E-state index >= 15 is 0 Å². The number of hydrogen-bond donors (Lipinski definition) is 0. The zero-order chi connectivity index (χ0) is 8.36. The van der Waals surface area contributed by atoms with Gasteiger partial charge in [0, 0.05) is 0 Å². The molecule has 0 aromatic heterocycles. The van der Waals surface area contributed by atoms with E-state index < -0.39 is 19.5 Å². The first-order valence-electron chi connectivity index (χ1n) is 2.35. The smallest absolute Gasteiger partial charge is 0.221 e. The Labute approximate surface area is 68.5 Å². The minimum atomic E-state index is -3.85. The molecule has 0 atom stereocenters. The van der Waals surface area contributed by atoms with E-state index in [1.807, 2.05) is 0 Å². The van der Waals surface area contributed by atoms with Crippen molar-refractivity contribution in [3.8, 4) is 0 Å². The third-order valence-electron chi connectivity index (χ3n) is 0.802. The van der Waals surface area contributed by atoms with Crippen molar-refractivity contribution in [2.75, 3.05) is 5.75 Å². The summed E-state index contributed by atoms with van der Waals surface area (Å²) in [5, 5.41) is -1.46. The molecule has 0 saturated carbocycles. The molecule has 0 saturated heterocycles. The van der Waals surface area contributed by atoms with Gasteiger partial charge in [0.15, 0.2) is 4.49 Å². The molecule has 0 fully saturated rings. The van der Waals surface area contributed by atoms with Crippen LogP contribution in [0.15, 0.2) is 9.65 Å². The van der Waals surface area contributed by atoms with Gasteiger partial charge in [0.1, 0.15) is 0 Å². The first-order chi connectivity index (χ1) is 4.41. The molecule has 0 aliphatic heterocycles. The fourth-order valence-corrected chi connectivity index (χ4v) is 1.44. The molecular weight excluding hydrogens is 202 g/mol. The second-order valence-corrected chi connectivity index (χ2v) is 4.55. The zero-order valence-electron chi connectivity index (χ0n) is 5.07. The first kappa shape index (κ1) is 10.2. The molecular formula is C4H5Cl2FO2S. The summed E-state index contributed by atoms with van der Waals surface area (Å²) in [7, 11) is -3.85. The summed E-state index contributed by atoms with van der Waals surface area (Å²) in [4.78, 5) is 0. The second-order valence-electron chi connectivity index (χ2n) is 1.44. The van der Waals surface area contributed by atoms with Gasteiger partial charge in [0.05, 0.1) is 5.75 Å². The first-order valence-corrected chi connectivity index (χ1v) is 4.76. The molecule has 0 aliphatic carbocycles. The fourth-order valence-electron chi connectivity index (χ4n) is 0.244. The monoisotopic (exact) mass is 206 g/mol. The van der Waals surface area contributed by atoms with Gasteiger partial charge in [-0.25, -0.2) is 8.42 Å². The molecule has 0 heterocycles. The standard InChI is InChI=1S/C4H5Cl2FO2S/c1-2-10(8,9)4(7)3(5)6/h2H2,1H3. The summed E-state index contributed by atoms with van der Waals surface area (Å²) in [5.41, 5.74) is 0. The van der Waals surface area contributed by atoms with E-state index in [2.05, 4.69) is 0 Å². The molecule has 0 aromatic carbocycles. The Morgan fingerprint density at radius 1 is 1.50 bits per heavy atom. The average Bonchev–Trinajstić information content (AvgIpc) is 1.86. The SMILES string of the molecule is CCS(=O)(=O)C(F)=C(Cl)Cl. The Bertz CT molecular complexity index is 240. The molecule has 0 unspecified atom stereocenters. The van der Waals surface area contributed by atoms with Crippen LogP contribution in [0.1, 0.15) is 6.92 Å². The van der Waals surface area contributed by atoms with Crippen LogP contribution in [-0.2, 0) is 9.84 Å². The second kappa shape index (κ2) is 3.55. The van der Waals surface area contributed by atoms with Gasteiger partial charge in [0.25, 0.3) is 0 Å². The average molecular weight is 207 g/mol. The quantitative estimate of drug-likeness (QED) is 0.693. The lowest BCUT2D eigenvalue weighted by Crippen LogP contribution is -2.03. The number of sulfone groups is 1. The van der Waals surface area contributed by atoms with Gasteiger partial charge in [-0.1, -0.05) is 30.1 Å². The lowest BCUT2D eigenvalue weighted by atomic mass is 11.0. The van der Waals surface area contributed by atoms with Crippen molar-refractivity contribution in [3.63, 3.8) is 0 Å². The van der Waals surface area contributed by atoms with Crippen LogP contribution >= 0.6 is 23.2 Å². The van der Waals surface area contributed by atoms with Gasteiger partial charge in [-0.05, 0) is 0 Å². The van der Waals surface area contributed by atoms with E-state index in [-0.39, 0.29) is 5.75 Å². The van der Waals surface area contributed by atoms with Crippen LogP contribution in [0, 0.1) is 0 Å². The van der Waals surface area contributed by atoms with Gasteiger partial charge >= 0.3 is 0 Å². The van der Waals surface area contributed by atoms with Gasteiger partial charge in [-0.15, -0.1) is 0 Å². The molecule has 0 N–H and O–H groups in total. The number of hydrogen-bond acceptors (Lipinski definition) is 2. The maximum Gasteiger partial charge on any atom is 0.244 e. The van der Waals surface area contributed by atoms with E-state index in [4.69, 9.17) is 23.2 Å². The van der Waals surface area contributed by atoms with Gasteiger partial charge < -0.3 is 0 Å².